The van der Waals surface area contributed by atoms with Crippen LogP contribution in [0, 0.1) is 69.0 Å². The molecule has 2 heterocycles. The number of aliphatic hydroxyl groups is 5. The fourth-order valence-electron chi connectivity index (χ4n) is 16.8. The first-order valence-corrected chi connectivity index (χ1v) is 29.5. The average Bonchev–Trinajstić information content (AvgIpc) is 4.03. The third-order valence-corrected chi connectivity index (χ3v) is 22.3. The van der Waals surface area contributed by atoms with Gasteiger partial charge in [0.05, 0.1) is 30.2 Å². The Morgan fingerprint density at radius 3 is 2.42 bits per heavy atom. The second kappa shape index (κ2) is 21.1. The van der Waals surface area contributed by atoms with E-state index in [1.165, 1.54) is 44.1 Å². The number of nitrogens with zero attached hydrogens (tertiary/aromatic N) is 3. The number of aliphatic imine (C=N–C) groups is 1. The summed E-state index contributed by atoms with van der Waals surface area (Å²) in [5.41, 5.74) is 7.54. The number of guanidine groups is 1. The van der Waals surface area contributed by atoms with Gasteiger partial charge in [0.15, 0.2) is 11.7 Å². The predicted octanol–water partition coefficient (Wildman–Crippen LogP) is 8.20. The van der Waals surface area contributed by atoms with Gasteiger partial charge in [0, 0.05) is 66.2 Å². The number of allylic oxidation sites excluding steroid dienone is 2. The maximum absolute atomic E-state index is 15.4. The number of rotatable bonds is 10. The number of carbonyl (C=O) groups excluding carboxylic acids is 1. The second-order valence-corrected chi connectivity index (χ2v) is 27.5. The van der Waals surface area contributed by atoms with Crippen LogP contribution < -0.4 is 16.4 Å². The summed E-state index contributed by atoms with van der Waals surface area (Å²) in [6.45, 7) is 16.0. The van der Waals surface area contributed by atoms with E-state index >= 15 is 4.79 Å². The van der Waals surface area contributed by atoms with Crippen molar-refractivity contribution in [3.8, 4) is 0 Å². The highest BCUT2D eigenvalue weighted by atomic mass is 33.1. The smallest absolute Gasteiger partial charge is 0.190 e. The summed E-state index contributed by atoms with van der Waals surface area (Å²) in [5, 5.41) is 67.7. The minimum absolute atomic E-state index is 0.0652. The largest absolute Gasteiger partial charge is 0.393 e. The zero-order valence-electron chi connectivity index (χ0n) is 43.3. The number of hydrogen-bond acceptors (Lipinski definition) is 11. The number of imidazole rings is 1. The summed E-state index contributed by atoms with van der Waals surface area (Å²) >= 11 is 0. The second-order valence-electron chi connectivity index (χ2n) is 25.0. The van der Waals surface area contributed by atoms with Gasteiger partial charge in [0.2, 0.25) is 0 Å². The molecule has 15 atom stereocenters. The fraction of sp³-hybridized carbons (Fsp3) is 0.836. The Bertz CT molecular complexity index is 2040. The number of ketones is 1. The molecule has 1 spiro atoms. The summed E-state index contributed by atoms with van der Waals surface area (Å²) in [5.74, 6) is -0.0677. The lowest BCUT2D eigenvalue weighted by Crippen LogP contribution is -2.68. The fourth-order valence-corrected chi connectivity index (χ4v) is 19.6. The summed E-state index contributed by atoms with van der Waals surface area (Å²) in [4.78, 5) is 24.9. The van der Waals surface area contributed by atoms with Gasteiger partial charge < -0.3 is 46.5 Å². The first-order valence-electron chi connectivity index (χ1n) is 27.0. The zero-order chi connectivity index (χ0) is 49.7. The van der Waals surface area contributed by atoms with E-state index in [4.69, 9.17) is 10.7 Å². The van der Waals surface area contributed by atoms with Gasteiger partial charge in [-0.25, -0.2) is 4.98 Å². The van der Waals surface area contributed by atoms with E-state index in [1.54, 1.807) is 18.6 Å². The minimum atomic E-state index is -1.40. The zero-order valence-corrected chi connectivity index (χ0v) is 45.0. The van der Waals surface area contributed by atoms with Gasteiger partial charge in [0.25, 0.3) is 0 Å². The van der Waals surface area contributed by atoms with E-state index in [-0.39, 0.29) is 59.2 Å². The number of nitrogens with one attached hydrogen (secondary N) is 2. The van der Waals surface area contributed by atoms with Crippen LogP contribution >= 0.6 is 21.6 Å². The molecule has 15 unspecified atom stereocenters. The van der Waals surface area contributed by atoms with Crippen molar-refractivity contribution in [2.75, 3.05) is 31.6 Å². The minimum Gasteiger partial charge on any atom is -0.393 e. The third-order valence-electron chi connectivity index (χ3n) is 19.8. The highest BCUT2D eigenvalue weighted by Crippen LogP contribution is 2.73. The lowest BCUT2D eigenvalue weighted by molar-refractivity contribution is -0.188. The van der Waals surface area contributed by atoms with Gasteiger partial charge in [-0.05, 0) is 149 Å². The lowest BCUT2D eigenvalue weighted by atomic mass is 9.40. The molecule has 0 aromatic carbocycles. The van der Waals surface area contributed by atoms with Crippen LogP contribution in [0.2, 0.25) is 0 Å². The van der Waals surface area contributed by atoms with Crippen molar-refractivity contribution in [1.82, 2.24) is 20.2 Å². The van der Waals surface area contributed by atoms with E-state index in [1.807, 2.05) is 41.2 Å². The molecule has 1 aromatic heterocycles. The van der Waals surface area contributed by atoms with Crippen LogP contribution in [0.25, 0.3) is 0 Å². The number of aliphatic hydroxyl groups excluding tert-OH is 4. The van der Waals surface area contributed by atoms with Gasteiger partial charge in [0.1, 0.15) is 6.23 Å². The normalized spacial score (nSPS) is 42.1. The molecule has 7 aliphatic rings. The quantitative estimate of drug-likeness (QED) is 0.0368. The van der Waals surface area contributed by atoms with Crippen molar-refractivity contribution >= 4 is 33.3 Å². The van der Waals surface area contributed by atoms with Crippen molar-refractivity contribution in [2.45, 2.75) is 187 Å². The van der Waals surface area contributed by atoms with Crippen LogP contribution in [-0.2, 0) is 4.79 Å². The third kappa shape index (κ3) is 10.1. The molecular weight excluding hydrogens is 905 g/mol. The predicted molar refractivity (Wildman–Crippen MR) is 280 cm³/mol. The first-order chi connectivity index (χ1) is 32.7. The molecule has 12 nitrogen and oxygen atoms in total. The van der Waals surface area contributed by atoms with Gasteiger partial charge in [-0.15, -0.1) is 0 Å². The Hall–Kier alpha value is -1.91. The molecular formula is C55H90N6O6S2. The molecule has 1 aliphatic heterocycles. The highest BCUT2D eigenvalue weighted by Gasteiger charge is 2.73. The molecule has 6 fully saturated rings. The topological polar surface area (TPSA) is 198 Å². The summed E-state index contributed by atoms with van der Waals surface area (Å²) in [6.07, 6.45) is 19.5. The van der Waals surface area contributed by atoms with Crippen LogP contribution in [0.15, 0.2) is 46.5 Å². The number of carbonyl (C=O) groups is 1. The molecule has 9 N–H and O–H groups in total. The summed E-state index contributed by atoms with van der Waals surface area (Å²) in [7, 11) is 5.54. The molecule has 14 heteroatoms. The van der Waals surface area contributed by atoms with Crippen LogP contribution in [-0.4, -0.2) is 109 Å². The number of fused-ring (bicyclic) bond motifs is 9. The average molecular weight is 995 g/mol. The van der Waals surface area contributed by atoms with Crippen LogP contribution in [0.4, 0.5) is 0 Å². The molecule has 0 radical (unpaired) electrons. The van der Waals surface area contributed by atoms with Crippen molar-refractivity contribution in [2.24, 2.45) is 79.7 Å². The Morgan fingerprint density at radius 1 is 1.01 bits per heavy atom. The molecule has 5 saturated carbocycles. The molecule has 69 heavy (non-hydrogen) atoms. The van der Waals surface area contributed by atoms with E-state index < -0.39 is 52.8 Å². The number of nitrogens with two attached hydrogens (primary N) is 1. The molecule has 2 bridgehead atoms. The van der Waals surface area contributed by atoms with Gasteiger partial charge in [-0.1, -0.05) is 100.0 Å². The Balaban J connectivity index is 1.27. The summed E-state index contributed by atoms with van der Waals surface area (Å²) in [6, 6.07) is 0.179. The maximum Gasteiger partial charge on any atom is 0.190 e. The van der Waals surface area contributed by atoms with Gasteiger partial charge in [-0.3, -0.25) is 9.79 Å². The van der Waals surface area contributed by atoms with Crippen molar-refractivity contribution in [3.63, 3.8) is 0 Å². The van der Waals surface area contributed by atoms with Crippen molar-refractivity contribution in [1.29, 1.82) is 0 Å². The SMILES string of the molecule is CNCC1C(O)C(O)CC2(CCCC(C)C)C3C(=CC(=O)C12)C1(O)C2CSSCC(n4ccnc4)CC(C)(C)C(=C4CCCC5(CCCC5)C4)CC(O)C(C)C(C2)C1(C)CC3CN=C(N)NC(C)O. The van der Waals surface area contributed by atoms with E-state index in [0.29, 0.717) is 55.9 Å². The standard InChI is InChI=1S/C55H90N6O6S2/c1-33(2)13-11-18-54-27-46(65)49(66)40(29-57-8)48(54)45(64)23-43-47(54)37(28-59-50(56)60-35(4)62)24-52(7)41-21-38(55(43,52)67)30-68-69-31-39(61-20-19-58-32-61)26-51(5,6)42(22-44(63)34(41)3)36-14-12-17-53(25-36)15-9-10-16-53/h19-20,23,32-35,37-41,44,46-49,57,62-63,65-67H,9-18,21-22,24-31H2,1-8H3,(H3,56,59,60). The molecule has 1 aromatic rings. The van der Waals surface area contributed by atoms with Crippen LogP contribution in [0.3, 0.4) is 0 Å². The van der Waals surface area contributed by atoms with Crippen molar-refractivity contribution < 1.29 is 30.3 Å². The van der Waals surface area contributed by atoms with Gasteiger partial charge >= 0.3 is 0 Å². The maximum atomic E-state index is 15.4. The molecule has 1 saturated heterocycles. The van der Waals surface area contributed by atoms with Gasteiger partial charge in [-0.2, -0.15) is 0 Å². The summed E-state index contributed by atoms with van der Waals surface area (Å²) < 4.78 is 2.28. The van der Waals surface area contributed by atoms with E-state index in [0.717, 1.165) is 43.4 Å². The Kier molecular flexibility index (Phi) is 16.4. The lowest BCUT2D eigenvalue weighted by Gasteiger charge is -2.65. The van der Waals surface area contributed by atoms with E-state index in [2.05, 4.69) is 67.9 Å². The van der Waals surface area contributed by atoms with Crippen LogP contribution in [0.1, 0.15) is 157 Å². The number of aromatic nitrogens is 2. The molecule has 6 aliphatic carbocycles. The Labute approximate surface area is 422 Å². The monoisotopic (exact) mass is 995 g/mol. The Morgan fingerprint density at radius 2 is 1.74 bits per heavy atom. The first kappa shape index (κ1) is 53.4. The molecule has 8 rings (SSSR count). The van der Waals surface area contributed by atoms with E-state index in [9.17, 15) is 25.5 Å². The molecule has 388 valence electrons. The number of hydrogen-bond donors (Lipinski definition) is 8. The van der Waals surface area contributed by atoms with Crippen molar-refractivity contribution in [3.05, 3.63) is 41.5 Å². The molecule has 0 amide bonds. The van der Waals surface area contributed by atoms with Crippen LogP contribution in [0.5, 0.6) is 0 Å². The highest BCUT2D eigenvalue weighted by molar-refractivity contribution is 8.76.